The van der Waals surface area contributed by atoms with Gasteiger partial charge in [-0.25, -0.2) is 0 Å². The smallest absolute Gasteiger partial charge is 0.00998 e. The van der Waals surface area contributed by atoms with Crippen LogP contribution in [0.4, 0.5) is 0 Å². The summed E-state index contributed by atoms with van der Waals surface area (Å²) >= 11 is 0. The van der Waals surface area contributed by atoms with Crippen molar-refractivity contribution in [2.75, 3.05) is 6.66 Å². The fourth-order valence-electron chi connectivity index (χ4n) is 2.47. The molecule has 0 radical (unpaired) electrons. The molecule has 0 aromatic heterocycles. The van der Waals surface area contributed by atoms with Crippen molar-refractivity contribution in [1.29, 1.82) is 0 Å². The van der Waals surface area contributed by atoms with E-state index in [4.69, 9.17) is 0 Å². The maximum absolute atomic E-state index is 4.03. The Bertz CT molecular complexity index is 666. The van der Waals surface area contributed by atoms with E-state index in [2.05, 4.69) is 72.6 Å². The number of rotatable bonds is 4. The molecule has 0 nitrogen and oxygen atoms in total. The third-order valence-corrected chi connectivity index (χ3v) is 3.77. The molecule has 0 spiro atoms. The van der Waals surface area contributed by atoms with Crippen LogP contribution >= 0.6 is 9.24 Å². The van der Waals surface area contributed by atoms with Gasteiger partial charge in [0.05, 0.1) is 0 Å². The summed E-state index contributed by atoms with van der Waals surface area (Å²) in [5.41, 5.74) is 8.87. The first kappa shape index (κ1) is 18.4. The van der Waals surface area contributed by atoms with Crippen LogP contribution in [-0.2, 0) is 6.42 Å². The van der Waals surface area contributed by atoms with Gasteiger partial charge in [0.25, 0.3) is 0 Å². The lowest BCUT2D eigenvalue weighted by molar-refractivity contribution is 1.23. The second-order valence-corrected chi connectivity index (χ2v) is 5.44. The van der Waals surface area contributed by atoms with Gasteiger partial charge in [-0.3, -0.25) is 0 Å². The van der Waals surface area contributed by atoms with Crippen molar-refractivity contribution in [2.24, 2.45) is 0 Å². The number of benzene rings is 2. The zero-order chi connectivity index (χ0) is 16.7. The standard InChI is InChI=1S/C20H22.CH5P/c1-6-8-17-11-15(4)16(5)20(12-17)19-10-7-9-18(13-19)14(2)3;1-2/h6-7,9-13H,1-2,8H2,3-5H3;2H2,1H3. The molecule has 0 saturated heterocycles. The van der Waals surface area contributed by atoms with E-state index in [1.807, 2.05) is 19.7 Å². The Balaban J connectivity index is 0.00000116. The molecule has 1 atom stereocenters. The molecule has 0 aliphatic carbocycles. The van der Waals surface area contributed by atoms with E-state index in [1.54, 1.807) is 0 Å². The molecule has 0 heterocycles. The van der Waals surface area contributed by atoms with Crippen molar-refractivity contribution < 1.29 is 0 Å². The molecular formula is C21H27P. The predicted molar refractivity (Wildman–Crippen MR) is 106 cm³/mol. The van der Waals surface area contributed by atoms with Crippen LogP contribution in [0.15, 0.2) is 55.6 Å². The third kappa shape index (κ3) is 4.42. The van der Waals surface area contributed by atoms with E-state index in [1.165, 1.54) is 33.4 Å². The van der Waals surface area contributed by atoms with Gasteiger partial charge in [0, 0.05) is 0 Å². The zero-order valence-corrected chi connectivity index (χ0v) is 15.4. The number of aryl methyl sites for hydroxylation is 1. The maximum atomic E-state index is 4.03. The van der Waals surface area contributed by atoms with Gasteiger partial charge < -0.3 is 0 Å². The number of hydrogen-bond acceptors (Lipinski definition) is 0. The second kappa shape index (κ2) is 8.71. The monoisotopic (exact) mass is 310 g/mol. The molecule has 2 aromatic rings. The molecule has 0 aliphatic rings. The Kier molecular flexibility index (Phi) is 7.28. The van der Waals surface area contributed by atoms with E-state index < -0.39 is 0 Å². The van der Waals surface area contributed by atoms with Crippen molar-refractivity contribution in [2.45, 2.75) is 27.2 Å². The first-order chi connectivity index (χ1) is 10.5. The topological polar surface area (TPSA) is 0 Å². The zero-order valence-electron chi connectivity index (χ0n) is 14.2. The fourth-order valence-corrected chi connectivity index (χ4v) is 2.47. The summed E-state index contributed by atoms with van der Waals surface area (Å²) in [5, 5.41) is 0. The van der Waals surface area contributed by atoms with Crippen molar-refractivity contribution in [1.82, 2.24) is 0 Å². The first-order valence-corrected chi connectivity index (χ1v) is 8.73. The molecular weight excluding hydrogens is 283 g/mol. The van der Waals surface area contributed by atoms with Gasteiger partial charge in [-0.05, 0) is 66.6 Å². The normalized spacial score (nSPS) is 9.68. The third-order valence-electron chi connectivity index (χ3n) is 3.77. The summed E-state index contributed by atoms with van der Waals surface area (Å²) in [6, 6.07) is 13.1. The minimum atomic E-state index is 0.911. The predicted octanol–water partition coefficient (Wildman–Crippen LogP) is 6.22. The van der Waals surface area contributed by atoms with E-state index in [0.717, 1.165) is 12.0 Å². The minimum absolute atomic E-state index is 0.911. The number of allylic oxidation sites excluding steroid dienone is 2. The highest BCUT2D eigenvalue weighted by atomic mass is 31.0. The second-order valence-electron chi connectivity index (χ2n) is 5.44. The molecule has 0 bridgehead atoms. The Morgan fingerprint density at radius 1 is 1.14 bits per heavy atom. The van der Waals surface area contributed by atoms with Gasteiger partial charge in [0.1, 0.15) is 0 Å². The molecule has 1 unspecified atom stereocenters. The largest absolute Gasteiger partial charge is 0.141 e. The summed E-state index contributed by atoms with van der Waals surface area (Å²) in [5.74, 6) is 0. The molecule has 1 heteroatoms. The minimum Gasteiger partial charge on any atom is -0.141 e. The van der Waals surface area contributed by atoms with Crippen LogP contribution in [0.3, 0.4) is 0 Å². The van der Waals surface area contributed by atoms with Crippen LogP contribution in [-0.4, -0.2) is 6.66 Å². The Labute approximate surface area is 138 Å². The Morgan fingerprint density at radius 3 is 2.41 bits per heavy atom. The Morgan fingerprint density at radius 2 is 1.82 bits per heavy atom. The molecule has 0 aliphatic heterocycles. The average Bonchev–Trinajstić information content (AvgIpc) is 2.53. The van der Waals surface area contributed by atoms with Crippen molar-refractivity contribution >= 4 is 14.8 Å². The van der Waals surface area contributed by atoms with Gasteiger partial charge >= 0.3 is 0 Å². The molecule has 116 valence electrons. The molecule has 2 aromatic carbocycles. The molecule has 0 N–H and O–H groups in total. The summed E-state index contributed by atoms with van der Waals surface area (Å²) in [6.07, 6.45) is 2.87. The van der Waals surface area contributed by atoms with Crippen LogP contribution < -0.4 is 0 Å². The van der Waals surface area contributed by atoms with Crippen LogP contribution in [0.1, 0.15) is 29.2 Å². The molecule has 2 rings (SSSR count). The van der Waals surface area contributed by atoms with Crippen LogP contribution in [0.5, 0.6) is 0 Å². The van der Waals surface area contributed by atoms with Gasteiger partial charge in [-0.15, -0.1) is 15.8 Å². The van der Waals surface area contributed by atoms with E-state index in [9.17, 15) is 0 Å². The van der Waals surface area contributed by atoms with Crippen LogP contribution in [0.2, 0.25) is 0 Å². The van der Waals surface area contributed by atoms with Crippen LogP contribution in [0, 0.1) is 13.8 Å². The van der Waals surface area contributed by atoms with E-state index in [0.29, 0.717) is 0 Å². The lowest BCUT2D eigenvalue weighted by atomic mass is 9.92. The summed E-state index contributed by atoms with van der Waals surface area (Å²) < 4.78 is 0. The van der Waals surface area contributed by atoms with Crippen LogP contribution in [0.25, 0.3) is 16.7 Å². The SMILES string of the molecule is C=CCc1cc(C)c(C)c(-c2cccc(C(=C)C)c2)c1.CP. The molecule has 0 amide bonds. The average molecular weight is 310 g/mol. The molecule has 0 fully saturated rings. The van der Waals surface area contributed by atoms with Gasteiger partial charge in [-0.1, -0.05) is 55.2 Å². The van der Waals surface area contributed by atoms with E-state index in [-0.39, 0.29) is 0 Å². The van der Waals surface area contributed by atoms with E-state index >= 15 is 0 Å². The molecule has 22 heavy (non-hydrogen) atoms. The maximum Gasteiger partial charge on any atom is -0.00998 e. The first-order valence-electron chi connectivity index (χ1n) is 7.58. The fraction of sp³-hybridized carbons (Fsp3) is 0.238. The highest BCUT2D eigenvalue weighted by molar-refractivity contribution is 7.15. The summed E-state index contributed by atoms with van der Waals surface area (Å²) in [4.78, 5) is 0. The van der Waals surface area contributed by atoms with Crippen molar-refractivity contribution in [3.63, 3.8) is 0 Å². The highest BCUT2D eigenvalue weighted by Gasteiger charge is 2.07. The van der Waals surface area contributed by atoms with Gasteiger partial charge in [-0.2, -0.15) is 0 Å². The summed E-state index contributed by atoms with van der Waals surface area (Å²) in [7, 11) is 2.42. The van der Waals surface area contributed by atoms with Crippen molar-refractivity contribution in [3.8, 4) is 11.1 Å². The number of hydrogen-bond donors (Lipinski definition) is 0. The summed E-state index contributed by atoms with van der Waals surface area (Å²) in [6.45, 7) is 16.2. The highest BCUT2D eigenvalue weighted by Crippen LogP contribution is 2.29. The lowest BCUT2D eigenvalue weighted by Gasteiger charge is -2.13. The van der Waals surface area contributed by atoms with Gasteiger partial charge in [0.15, 0.2) is 0 Å². The molecule has 0 saturated carbocycles. The van der Waals surface area contributed by atoms with Crippen molar-refractivity contribution in [3.05, 3.63) is 77.9 Å². The van der Waals surface area contributed by atoms with Gasteiger partial charge in [0.2, 0.25) is 0 Å². The Hall–Kier alpha value is -1.65. The quantitative estimate of drug-likeness (QED) is 0.464. The lowest BCUT2D eigenvalue weighted by Crippen LogP contribution is -1.92.